The molecule has 1 aromatic heterocycles. The Kier molecular flexibility index (Phi) is 5.63. The Bertz CT molecular complexity index is 323. The van der Waals surface area contributed by atoms with Crippen molar-refractivity contribution in [3.63, 3.8) is 0 Å². The van der Waals surface area contributed by atoms with Crippen LogP contribution in [0.15, 0.2) is 16.8 Å². The molecule has 1 unspecified atom stereocenters. The van der Waals surface area contributed by atoms with Crippen LogP contribution in [0, 0.1) is 0 Å². The van der Waals surface area contributed by atoms with Gasteiger partial charge in [0.15, 0.2) is 0 Å². The van der Waals surface area contributed by atoms with Crippen molar-refractivity contribution in [1.29, 1.82) is 0 Å². The molecule has 1 heterocycles. The Hall–Kier alpha value is -0.420. The van der Waals surface area contributed by atoms with Gasteiger partial charge in [0.2, 0.25) is 0 Å². The maximum absolute atomic E-state index is 9.33. The molecule has 3 nitrogen and oxygen atoms in total. The summed E-state index contributed by atoms with van der Waals surface area (Å²) in [5.41, 5.74) is 7.29. The van der Waals surface area contributed by atoms with Crippen LogP contribution in [0.5, 0.6) is 0 Å². The lowest BCUT2D eigenvalue weighted by molar-refractivity contribution is 0.0831. The number of hydrogen-bond donors (Lipinski definition) is 2. The highest BCUT2D eigenvalue weighted by Gasteiger charge is 2.27. The summed E-state index contributed by atoms with van der Waals surface area (Å²) in [5.74, 6) is 0. The summed E-state index contributed by atoms with van der Waals surface area (Å²) >= 11 is 1.72. The van der Waals surface area contributed by atoms with Gasteiger partial charge >= 0.3 is 0 Å². The molecule has 1 aromatic rings. The second kappa shape index (κ2) is 7.24. The van der Waals surface area contributed by atoms with E-state index in [1.54, 1.807) is 11.3 Å². The average molecular weight is 268 g/mol. The van der Waals surface area contributed by atoms with Crippen LogP contribution >= 0.6 is 11.3 Å². The fourth-order valence-electron chi connectivity index (χ4n) is 3.05. The van der Waals surface area contributed by atoms with E-state index in [-0.39, 0.29) is 12.6 Å². The minimum atomic E-state index is 0.219. The third-order valence-corrected chi connectivity index (χ3v) is 4.65. The Morgan fingerprint density at radius 3 is 2.72 bits per heavy atom. The number of nitrogens with zero attached hydrogens (tertiary/aromatic N) is 1. The molecule has 4 heteroatoms. The number of hydrogen-bond acceptors (Lipinski definition) is 4. The molecule has 2 rings (SSSR count). The zero-order chi connectivity index (χ0) is 12.8. The van der Waals surface area contributed by atoms with E-state index in [0.717, 1.165) is 6.54 Å². The number of rotatable bonds is 6. The third kappa shape index (κ3) is 3.32. The molecule has 0 bridgehead atoms. The van der Waals surface area contributed by atoms with Gasteiger partial charge in [-0.15, -0.1) is 0 Å². The van der Waals surface area contributed by atoms with Gasteiger partial charge in [-0.3, -0.25) is 4.90 Å². The first-order valence-corrected chi connectivity index (χ1v) is 7.90. The van der Waals surface area contributed by atoms with Crippen LogP contribution in [0.3, 0.4) is 0 Å². The summed E-state index contributed by atoms with van der Waals surface area (Å²) in [6.45, 7) is 1.59. The maximum Gasteiger partial charge on any atom is 0.0558 e. The van der Waals surface area contributed by atoms with E-state index < -0.39 is 0 Å². The average Bonchev–Trinajstić information content (AvgIpc) is 2.94. The molecule has 1 saturated carbocycles. The van der Waals surface area contributed by atoms with E-state index in [1.807, 2.05) is 0 Å². The van der Waals surface area contributed by atoms with Gasteiger partial charge in [0, 0.05) is 25.2 Å². The van der Waals surface area contributed by atoms with Gasteiger partial charge in [0.25, 0.3) is 0 Å². The van der Waals surface area contributed by atoms with Crippen molar-refractivity contribution in [2.45, 2.75) is 44.2 Å². The summed E-state index contributed by atoms with van der Waals surface area (Å²) in [6, 6.07) is 3.03. The first kappa shape index (κ1) is 14.0. The van der Waals surface area contributed by atoms with Gasteiger partial charge in [-0.05, 0) is 35.2 Å². The van der Waals surface area contributed by atoms with E-state index in [9.17, 15) is 5.11 Å². The van der Waals surface area contributed by atoms with Crippen molar-refractivity contribution in [2.75, 3.05) is 19.7 Å². The number of thiophene rings is 1. The number of aliphatic hydroxyl groups excluding tert-OH is 1. The molecule has 0 radical (unpaired) electrons. The van der Waals surface area contributed by atoms with Crippen LogP contribution in [0.1, 0.15) is 43.7 Å². The predicted octanol–water partition coefficient (Wildman–Crippen LogP) is 2.37. The van der Waals surface area contributed by atoms with Crippen molar-refractivity contribution >= 4 is 11.3 Å². The Labute approximate surface area is 114 Å². The zero-order valence-corrected chi connectivity index (χ0v) is 11.7. The van der Waals surface area contributed by atoms with Crippen LogP contribution in [-0.2, 0) is 0 Å². The van der Waals surface area contributed by atoms with Crippen LogP contribution < -0.4 is 5.73 Å². The largest absolute Gasteiger partial charge is 0.395 e. The van der Waals surface area contributed by atoms with Crippen LogP contribution in [0.2, 0.25) is 0 Å². The van der Waals surface area contributed by atoms with Crippen molar-refractivity contribution in [3.05, 3.63) is 22.4 Å². The monoisotopic (exact) mass is 268 g/mol. The quantitative estimate of drug-likeness (QED) is 0.833. The smallest absolute Gasteiger partial charge is 0.0558 e. The lowest BCUT2D eigenvalue weighted by atomic mass is 9.92. The molecule has 18 heavy (non-hydrogen) atoms. The topological polar surface area (TPSA) is 49.5 Å². The summed E-state index contributed by atoms with van der Waals surface area (Å²) in [5, 5.41) is 13.6. The summed E-state index contributed by atoms with van der Waals surface area (Å²) in [6.07, 6.45) is 6.48. The fraction of sp³-hybridized carbons (Fsp3) is 0.714. The highest BCUT2D eigenvalue weighted by atomic mass is 32.1. The standard InChI is InChI=1S/C14H24N2OS/c15-10-14(12-6-9-18-11-12)16(7-8-17)13-4-2-1-3-5-13/h6,9,11,13-14,17H,1-5,7-8,10,15H2. The highest BCUT2D eigenvalue weighted by Crippen LogP contribution is 2.30. The van der Waals surface area contributed by atoms with E-state index in [0.29, 0.717) is 12.6 Å². The van der Waals surface area contributed by atoms with E-state index >= 15 is 0 Å². The first-order valence-electron chi connectivity index (χ1n) is 6.95. The normalized spacial score (nSPS) is 19.3. The molecule has 1 aliphatic carbocycles. The minimum absolute atomic E-state index is 0.219. The van der Waals surface area contributed by atoms with Crippen molar-refractivity contribution in [2.24, 2.45) is 5.73 Å². The number of nitrogens with two attached hydrogens (primary N) is 1. The lowest BCUT2D eigenvalue weighted by Crippen LogP contribution is -2.43. The Balaban J connectivity index is 2.11. The summed E-state index contributed by atoms with van der Waals surface area (Å²) in [7, 11) is 0. The molecule has 1 atom stereocenters. The second-order valence-electron chi connectivity index (χ2n) is 5.06. The highest BCUT2D eigenvalue weighted by molar-refractivity contribution is 7.07. The third-order valence-electron chi connectivity index (χ3n) is 3.95. The van der Waals surface area contributed by atoms with E-state index in [2.05, 4.69) is 21.7 Å². The van der Waals surface area contributed by atoms with Crippen LogP contribution in [0.4, 0.5) is 0 Å². The zero-order valence-electron chi connectivity index (χ0n) is 10.9. The molecular formula is C14H24N2OS. The molecule has 0 aromatic carbocycles. The van der Waals surface area contributed by atoms with Crippen LogP contribution in [0.25, 0.3) is 0 Å². The van der Waals surface area contributed by atoms with E-state index in [4.69, 9.17) is 5.73 Å². The molecule has 102 valence electrons. The van der Waals surface area contributed by atoms with Gasteiger partial charge in [-0.25, -0.2) is 0 Å². The molecule has 0 aliphatic heterocycles. The molecular weight excluding hydrogens is 244 g/mol. The van der Waals surface area contributed by atoms with Gasteiger partial charge in [-0.2, -0.15) is 11.3 Å². The maximum atomic E-state index is 9.33. The Morgan fingerprint density at radius 1 is 1.39 bits per heavy atom. The lowest BCUT2D eigenvalue weighted by Gasteiger charge is -2.39. The molecule has 1 aliphatic rings. The molecule has 0 saturated heterocycles. The first-order chi connectivity index (χ1) is 8.86. The predicted molar refractivity (Wildman–Crippen MR) is 76.8 cm³/mol. The van der Waals surface area contributed by atoms with Crippen LogP contribution in [-0.4, -0.2) is 35.7 Å². The van der Waals surface area contributed by atoms with E-state index in [1.165, 1.54) is 37.7 Å². The van der Waals surface area contributed by atoms with Crippen molar-refractivity contribution in [3.8, 4) is 0 Å². The van der Waals surface area contributed by atoms with Gasteiger partial charge in [0.1, 0.15) is 0 Å². The van der Waals surface area contributed by atoms with Gasteiger partial charge in [-0.1, -0.05) is 19.3 Å². The summed E-state index contributed by atoms with van der Waals surface area (Å²) in [4.78, 5) is 2.43. The molecule has 1 fully saturated rings. The molecule has 0 spiro atoms. The Morgan fingerprint density at radius 2 is 2.17 bits per heavy atom. The molecule has 3 N–H and O–H groups in total. The minimum Gasteiger partial charge on any atom is -0.395 e. The van der Waals surface area contributed by atoms with Crippen molar-refractivity contribution in [1.82, 2.24) is 4.90 Å². The number of aliphatic hydroxyl groups is 1. The molecule has 0 amide bonds. The van der Waals surface area contributed by atoms with Gasteiger partial charge in [0.05, 0.1) is 6.61 Å². The van der Waals surface area contributed by atoms with Gasteiger partial charge < -0.3 is 10.8 Å². The SMILES string of the molecule is NCC(c1ccsc1)N(CCO)C1CCCCC1. The summed E-state index contributed by atoms with van der Waals surface area (Å²) < 4.78 is 0. The van der Waals surface area contributed by atoms with Crippen molar-refractivity contribution < 1.29 is 5.11 Å². The second-order valence-corrected chi connectivity index (χ2v) is 5.84. The fourth-order valence-corrected chi connectivity index (χ4v) is 3.76.